The minimum absolute atomic E-state index is 0.115. The van der Waals surface area contributed by atoms with E-state index in [4.69, 9.17) is 5.26 Å². The number of anilines is 1. The van der Waals surface area contributed by atoms with Gasteiger partial charge >= 0.3 is 0 Å². The molecule has 0 bridgehead atoms. The van der Waals surface area contributed by atoms with Gasteiger partial charge in [-0.1, -0.05) is 0 Å². The lowest BCUT2D eigenvalue weighted by molar-refractivity contribution is -0.384. The maximum absolute atomic E-state index is 10.2. The van der Waals surface area contributed by atoms with E-state index in [1.165, 1.54) is 19.1 Å². The van der Waals surface area contributed by atoms with Gasteiger partial charge in [0.15, 0.2) is 0 Å². The maximum Gasteiger partial charge on any atom is 0.269 e. The SMILES string of the molecule is CC#N.CNc1ccc([N+](=O)[O-])cc1. The van der Waals surface area contributed by atoms with Gasteiger partial charge in [-0.05, 0) is 12.1 Å². The van der Waals surface area contributed by atoms with Crippen molar-refractivity contribution in [3.05, 3.63) is 34.4 Å². The van der Waals surface area contributed by atoms with Gasteiger partial charge in [-0.25, -0.2) is 0 Å². The van der Waals surface area contributed by atoms with Gasteiger partial charge < -0.3 is 5.32 Å². The van der Waals surface area contributed by atoms with Crippen LogP contribution in [-0.4, -0.2) is 12.0 Å². The summed E-state index contributed by atoms with van der Waals surface area (Å²) in [5.74, 6) is 0. The second-order valence-electron chi connectivity index (χ2n) is 2.28. The van der Waals surface area contributed by atoms with Gasteiger partial charge in [0.25, 0.3) is 5.69 Å². The number of nitrogens with zero attached hydrogens (tertiary/aromatic N) is 2. The van der Waals surface area contributed by atoms with Crippen molar-refractivity contribution >= 4 is 11.4 Å². The van der Waals surface area contributed by atoms with Crippen LogP contribution >= 0.6 is 0 Å². The number of hydrogen-bond donors (Lipinski definition) is 1. The lowest BCUT2D eigenvalue weighted by Gasteiger charge is -1.96. The molecule has 0 fully saturated rings. The van der Waals surface area contributed by atoms with Crippen molar-refractivity contribution in [2.24, 2.45) is 0 Å². The molecule has 0 aromatic heterocycles. The van der Waals surface area contributed by atoms with Crippen molar-refractivity contribution in [3.63, 3.8) is 0 Å². The molecule has 0 aliphatic heterocycles. The van der Waals surface area contributed by atoms with E-state index in [0.717, 1.165) is 5.69 Å². The van der Waals surface area contributed by atoms with E-state index in [1.807, 2.05) is 0 Å². The molecule has 0 heterocycles. The van der Waals surface area contributed by atoms with Crippen molar-refractivity contribution in [3.8, 4) is 6.07 Å². The van der Waals surface area contributed by atoms with Crippen molar-refractivity contribution in [2.45, 2.75) is 6.92 Å². The van der Waals surface area contributed by atoms with Crippen LogP contribution in [0, 0.1) is 21.4 Å². The Balaban J connectivity index is 0.000000500. The molecule has 74 valence electrons. The molecule has 0 radical (unpaired) electrons. The van der Waals surface area contributed by atoms with Crippen molar-refractivity contribution in [1.29, 1.82) is 5.26 Å². The molecular formula is C9H11N3O2. The number of nitriles is 1. The summed E-state index contributed by atoms with van der Waals surface area (Å²) in [6, 6.07) is 8.01. The van der Waals surface area contributed by atoms with Gasteiger partial charge in [0.05, 0.1) is 11.0 Å². The molecule has 1 aromatic rings. The van der Waals surface area contributed by atoms with Crippen LogP contribution in [0.2, 0.25) is 0 Å². The van der Waals surface area contributed by atoms with Crippen LogP contribution in [0.25, 0.3) is 0 Å². The molecule has 0 aliphatic carbocycles. The first kappa shape index (κ1) is 11.9. The van der Waals surface area contributed by atoms with Crippen molar-refractivity contribution < 1.29 is 4.92 Å². The quantitative estimate of drug-likeness (QED) is 0.576. The molecule has 1 rings (SSSR count). The first-order chi connectivity index (χ1) is 6.65. The first-order valence-electron chi connectivity index (χ1n) is 3.88. The Morgan fingerprint density at radius 3 is 2.14 bits per heavy atom. The number of nitrogens with one attached hydrogen (secondary N) is 1. The summed E-state index contributed by atoms with van der Waals surface area (Å²) < 4.78 is 0. The van der Waals surface area contributed by atoms with Gasteiger partial charge in [0.2, 0.25) is 0 Å². The molecule has 0 spiro atoms. The normalized spacial score (nSPS) is 7.79. The average molecular weight is 193 g/mol. The lowest BCUT2D eigenvalue weighted by atomic mass is 10.3. The van der Waals surface area contributed by atoms with Crippen LogP contribution in [0.1, 0.15) is 6.92 Å². The molecule has 0 atom stereocenters. The summed E-state index contributed by atoms with van der Waals surface area (Å²) in [6.07, 6.45) is 0. The van der Waals surface area contributed by atoms with Gasteiger partial charge in [-0.3, -0.25) is 10.1 Å². The summed E-state index contributed by atoms with van der Waals surface area (Å²) in [6.45, 7) is 1.43. The number of nitro groups is 1. The second kappa shape index (κ2) is 6.43. The van der Waals surface area contributed by atoms with Crippen LogP contribution in [0.4, 0.5) is 11.4 Å². The Bertz CT molecular complexity index is 327. The van der Waals surface area contributed by atoms with E-state index in [-0.39, 0.29) is 5.69 Å². The fourth-order valence-electron chi connectivity index (χ4n) is 0.750. The summed E-state index contributed by atoms with van der Waals surface area (Å²) in [5, 5.41) is 20.4. The van der Waals surface area contributed by atoms with Gasteiger partial charge in [-0.2, -0.15) is 5.26 Å². The molecule has 0 saturated carbocycles. The summed E-state index contributed by atoms with van der Waals surface area (Å²) in [4.78, 5) is 9.77. The van der Waals surface area contributed by atoms with Crippen LogP contribution in [0.15, 0.2) is 24.3 Å². The summed E-state index contributed by atoms with van der Waals surface area (Å²) in [7, 11) is 1.77. The van der Waals surface area contributed by atoms with E-state index in [2.05, 4.69) is 5.32 Å². The number of hydrogen-bond acceptors (Lipinski definition) is 4. The van der Waals surface area contributed by atoms with Crippen LogP contribution in [0.3, 0.4) is 0 Å². The fourth-order valence-corrected chi connectivity index (χ4v) is 0.750. The number of benzene rings is 1. The number of non-ortho nitro benzene ring substituents is 1. The third-order valence-electron chi connectivity index (χ3n) is 1.37. The average Bonchev–Trinajstić information content (AvgIpc) is 2.19. The number of rotatable bonds is 2. The molecule has 0 saturated heterocycles. The molecule has 5 heteroatoms. The smallest absolute Gasteiger partial charge is 0.269 e. The van der Waals surface area contributed by atoms with E-state index in [9.17, 15) is 10.1 Å². The summed E-state index contributed by atoms with van der Waals surface area (Å²) >= 11 is 0. The minimum Gasteiger partial charge on any atom is -0.388 e. The summed E-state index contributed by atoms with van der Waals surface area (Å²) in [5.41, 5.74) is 0.986. The molecule has 5 nitrogen and oxygen atoms in total. The standard InChI is InChI=1S/C7H8N2O2.C2H3N/c1-8-6-2-4-7(5-3-6)9(10)11;1-2-3/h2-5,8H,1H3;1H3. The Kier molecular flexibility index (Phi) is 5.47. The van der Waals surface area contributed by atoms with Crippen LogP contribution < -0.4 is 5.32 Å². The molecule has 0 amide bonds. The van der Waals surface area contributed by atoms with Crippen molar-refractivity contribution in [2.75, 3.05) is 12.4 Å². The highest BCUT2D eigenvalue weighted by Gasteiger charge is 2.01. The zero-order chi connectivity index (χ0) is 11.0. The second-order valence-corrected chi connectivity index (χ2v) is 2.28. The lowest BCUT2D eigenvalue weighted by Crippen LogP contribution is -1.89. The Morgan fingerprint density at radius 1 is 1.43 bits per heavy atom. The van der Waals surface area contributed by atoms with Crippen LogP contribution in [-0.2, 0) is 0 Å². The molecule has 1 aromatic carbocycles. The molecular weight excluding hydrogens is 182 g/mol. The predicted octanol–water partition coefficient (Wildman–Crippen LogP) is 2.17. The van der Waals surface area contributed by atoms with Gasteiger partial charge in [0.1, 0.15) is 0 Å². The highest BCUT2D eigenvalue weighted by atomic mass is 16.6. The third-order valence-corrected chi connectivity index (χ3v) is 1.37. The maximum atomic E-state index is 10.2. The Hall–Kier alpha value is -2.09. The van der Waals surface area contributed by atoms with E-state index < -0.39 is 4.92 Å². The minimum atomic E-state index is -0.417. The molecule has 14 heavy (non-hydrogen) atoms. The first-order valence-corrected chi connectivity index (χ1v) is 3.88. The zero-order valence-electron chi connectivity index (χ0n) is 8.02. The topological polar surface area (TPSA) is 79.0 Å². The van der Waals surface area contributed by atoms with Gasteiger partial charge in [-0.15, -0.1) is 0 Å². The van der Waals surface area contributed by atoms with Crippen LogP contribution in [0.5, 0.6) is 0 Å². The highest BCUT2D eigenvalue weighted by molar-refractivity contribution is 5.47. The fraction of sp³-hybridized carbons (Fsp3) is 0.222. The highest BCUT2D eigenvalue weighted by Crippen LogP contribution is 2.14. The zero-order valence-corrected chi connectivity index (χ0v) is 8.02. The predicted molar refractivity (Wildman–Crippen MR) is 53.9 cm³/mol. The monoisotopic (exact) mass is 193 g/mol. The molecule has 0 aliphatic rings. The molecule has 1 N–H and O–H groups in total. The van der Waals surface area contributed by atoms with E-state index in [1.54, 1.807) is 25.2 Å². The van der Waals surface area contributed by atoms with E-state index >= 15 is 0 Å². The van der Waals surface area contributed by atoms with Gasteiger partial charge in [0, 0.05) is 31.8 Å². The Morgan fingerprint density at radius 2 is 1.86 bits per heavy atom. The molecule has 0 unspecified atom stereocenters. The van der Waals surface area contributed by atoms with Crippen molar-refractivity contribution in [1.82, 2.24) is 0 Å². The Labute approximate surface area is 82.1 Å². The van der Waals surface area contributed by atoms with E-state index in [0.29, 0.717) is 0 Å². The third kappa shape index (κ3) is 4.07. The largest absolute Gasteiger partial charge is 0.388 e. The number of nitro benzene ring substituents is 1.